The van der Waals surface area contributed by atoms with Gasteiger partial charge in [0.25, 0.3) is 0 Å². The van der Waals surface area contributed by atoms with E-state index in [2.05, 4.69) is 32.3 Å². The fourth-order valence-electron chi connectivity index (χ4n) is 2.12. The molecule has 1 N–H and O–H groups in total. The third kappa shape index (κ3) is 3.67. The second-order valence-corrected chi connectivity index (χ2v) is 5.57. The minimum Gasteiger partial charge on any atom is -0.310 e. The van der Waals surface area contributed by atoms with Gasteiger partial charge in [0.05, 0.1) is 0 Å². The van der Waals surface area contributed by atoms with Crippen LogP contribution in [-0.4, -0.2) is 10.9 Å². The van der Waals surface area contributed by atoms with E-state index in [1.165, 1.54) is 18.4 Å². The molecule has 1 aliphatic rings. The number of rotatable bonds is 3. The van der Waals surface area contributed by atoms with Crippen LogP contribution >= 0.6 is 15.9 Å². The number of aryl methyl sites for hydroxylation is 1. The summed E-state index contributed by atoms with van der Waals surface area (Å²) in [5, 5.41) is 2.87. The van der Waals surface area contributed by atoms with E-state index in [4.69, 9.17) is 0 Å². The number of amides is 1. The zero-order chi connectivity index (χ0) is 13.0. The first-order chi connectivity index (χ1) is 8.65. The summed E-state index contributed by atoms with van der Waals surface area (Å²) in [7, 11) is 0. The van der Waals surface area contributed by atoms with E-state index in [9.17, 15) is 4.79 Å². The highest BCUT2D eigenvalue weighted by molar-refractivity contribution is 9.10. The number of aromatic nitrogens is 1. The van der Waals surface area contributed by atoms with Gasteiger partial charge in [0.2, 0.25) is 5.91 Å². The first kappa shape index (κ1) is 13.3. The predicted octanol–water partition coefficient (Wildman–Crippen LogP) is 3.98. The van der Waals surface area contributed by atoms with Crippen LogP contribution in [0.5, 0.6) is 0 Å². The molecule has 0 fully saturated rings. The molecule has 0 saturated heterocycles. The summed E-state index contributed by atoms with van der Waals surface area (Å²) in [6.07, 6.45) is 9.01. The van der Waals surface area contributed by atoms with Gasteiger partial charge in [-0.05, 0) is 60.2 Å². The summed E-state index contributed by atoms with van der Waals surface area (Å²) >= 11 is 3.36. The fourth-order valence-corrected chi connectivity index (χ4v) is 2.56. The minimum absolute atomic E-state index is 0.0288. The van der Waals surface area contributed by atoms with E-state index in [1.807, 2.05) is 13.0 Å². The van der Waals surface area contributed by atoms with Crippen LogP contribution in [0, 0.1) is 6.92 Å². The number of allylic oxidation sites excluding steroid dienone is 1. The summed E-state index contributed by atoms with van der Waals surface area (Å²) in [6, 6.07) is 1.95. The Labute approximate surface area is 116 Å². The Morgan fingerprint density at radius 1 is 1.50 bits per heavy atom. The highest BCUT2D eigenvalue weighted by Gasteiger charge is 2.10. The molecule has 2 rings (SSSR count). The average molecular weight is 309 g/mol. The van der Waals surface area contributed by atoms with E-state index in [-0.39, 0.29) is 5.91 Å². The Morgan fingerprint density at radius 2 is 2.33 bits per heavy atom. The molecule has 18 heavy (non-hydrogen) atoms. The standard InChI is InChI=1S/C14H17BrN2O/c1-10-7-12(15)9-16-14(10)17-13(18)8-11-5-3-2-4-6-11/h5,7,9H,2-4,6,8H2,1H3,(H,16,17,18). The Balaban J connectivity index is 1.96. The molecular weight excluding hydrogens is 292 g/mol. The second-order valence-electron chi connectivity index (χ2n) is 4.65. The van der Waals surface area contributed by atoms with Crippen LogP contribution < -0.4 is 5.32 Å². The van der Waals surface area contributed by atoms with Gasteiger partial charge in [-0.2, -0.15) is 0 Å². The normalized spacial score (nSPS) is 15.1. The molecule has 0 unspecified atom stereocenters. The Bertz CT molecular complexity index is 483. The second kappa shape index (κ2) is 6.14. The highest BCUT2D eigenvalue weighted by Crippen LogP contribution is 2.21. The molecule has 0 saturated carbocycles. The molecule has 1 heterocycles. The van der Waals surface area contributed by atoms with Crippen molar-refractivity contribution in [1.82, 2.24) is 4.98 Å². The van der Waals surface area contributed by atoms with Gasteiger partial charge >= 0.3 is 0 Å². The van der Waals surface area contributed by atoms with Crippen LogP contribution in [0.15, 0.2) is 28.4 Å². The van der Waals surface area contributed by atoms with Crippen LogP contribution in [0.25, 0.3) is 0 Å². The van der Waals surface area contributed by atoms with Crippen molar-refractivity contribution in [2.24, 2.45) is 0 Å². The van der Waals surface area contributed by atoms with Crippen molar-refractivity contribution in [1.29, 1.82) is 0 Å². The smallest absolute Gasteiger partial charge is 0.229 e. The lowest BCUT2D eigenvalue weighted by atomic mass is 9.97. The van der Waals surface area contributed by atoms with Gasteiger partial charge in [-0.1, -0.05) is 11.6 Å². The van der Waals surface area contributed by atoms with Gasteiger partial charge < -0.3 is 5.32 Å². The highest BCUT2D eigenvalue weighted by atomic mass is 79.9. The molecular formula is C14H17BrN2O. The predicted molar refractivity (Wildman–Crippen MR) is 76.5 cm³/mol. The third-order valence-corrected chi connectivity index (χ3v) is 3.51. The van der Waals surface area contributed by atoms with Crippen molar-refractivity contribution >= 4 is 27.7 Å². The monoisotopic (exact) mass is 308 g/mol. The van der Waals surface area contributed by atoms with Crippen LogP contribution in [0.3, 0.4) is 0 Å². The zero-order valence-corrected chi connectivity index (χ0v) is 12.1. The van der Waals surface area contributed by atoms with Gasteiger partial charge in [-0.15, -0.1) is 0 Å². The summed E-state index contributed by atoms with van der Waals surface area (Å²) in [6.45, 7) is 1.94. The van der Waals surface area contributed by atoms with Crippen LogP contribution in [0.4, 0.5) is 5.82 Å². The summed E-state index contributed by atoms with van der Waals surface area (Å²) in [5.74, 6) is 0.681. The minimum atomic E-state index is 0.0288. The molecule has 96 valence electrons. The van der Waals surface area contributed by atoms with Crippen molar-refractivity contribution < 1.29 is 4.79 Å². The van der Waals surface area contributed by atoms with E-state index < -0.39 is 0 Å². The Hall–Kier alpha value is -1.16. The lowest BCUT2D eigenvalue weighted by Gasteiger charge is -2.13. The number of pyridine rings is 1. The number of halogens is 1. The molecule has 4 heteroatoms. The molecule has 3 nitrogen and oxygen atoms in total. The molecule has 0 spiro atoms. The molecule has 1 aromatic rings. The fraction of sp³-hybridized carbons (Fsp3) is 0.429. The summed E-state index contributed by atoms with van der Waals surface area (Å²) < 4.78 is 0.924. The molecule has 0 radical (unpaired) electrons. The summed E-state index contributed by atoms with van der Waals surface area (Å²) in [5.41, 5.74) is 2.23. The molecule has 0 aliphatic heterocycles. The van der Waals surface area contributed by atoms with Gasteiger partial charge in [-0.3, -0.25) is 4.79 Å². The first-order valence-electron chi connectivity index (χ1n) is 6.25. The molecule has 0 aromatic carbocycles. The van der Waals surface area contributed by atoms with Gasteiger partial charge in [-0.25, -0.2) is 4.98 Å². The quantitative estimate of drug-likeness (QED) is 0.858. The average Bonchev–Trinajstić information content (AvgIpc) is 2.34. The van der Waals surface area contributed by atoms with Crippen molar-refractivity contribution in [3.05, 3.63) is 33.9 Å². The maximum atomic E-state index is 11.9. The maximum Gasteiger partial charge on any atom is 0.229 e. The molecule has 0 atom stereocenters. The first-order valence-corrected chi connectivity index (χ1v) is 7.04. The number of anilines is 1. The van der Waals surface area contributed by atoms with Gasteiger partial charge in [0.15, 0.2) is 0 Å². The van der Waals surface area contributed by atoms with Crippen LogP contribution in [-0.2, 0) is 4.79 Å². The Kier molecular flexibility index (Phi) is 4.53. The van der Waals surface area contributed by atoms with E-state index in [0.29, 0.717) is 12.2 Å². The molecule has 1 amide bonds. The van der Waals surface area contributed by atoms with E-state index in [1.54, 1.807) is 6.20 Å². The lowest BCUT2D eigenvalue weighted by molar-refractivity contribution is -0.115. The number of hydrogen-bond acceptors (Lipinski definition) is 2. The third-order valence-electron chi connectivity index (χ3n) is 3.08. The van der Waals surface area contributed by atoms with E-state index >= 15 is 0 Å². The van der Waals surface area contributed by atoms with Crippen molar-refractivity contribution in [2.45, 2.75) is 39.0 Å². The Morgan fingerprint density at radius 3 is 3.00 bits per heavy atom. The maximum absolute atomic E-state index is 11.9. The van der Waals surface area contributed by atoms with Crippen LogP contribution in [0.2, 0.25) is 0 Å². The number of hydrogen-bond donors (Lipinski definition) is 1. The van der Waals surface area contributed by atoms with Crippen molar-refractivity contribution in [3.8, 4) is 0 Å². The van der Waals surface area contributed by atoms with Gasteiger partial charge in [0, 0.05) is 17.1 Å². The van der Waals surface area contributed by atoms with E-state index in [0.717, 1.165) is 22.9 Å². The van der Waals surface area contributed by atoms with Crippen molar-refractivity contribution in [2.75, 3.05) is 5.32 Å². The van der Waals surface area contributed by atoms with Crippen LogP contribution in [0.1, 0.15) is 37.7 Å². The zero-order valence-electron chi connectivity index (χ0n) is 10.5. The largest absolute Gasteiger partial charge is 0.310 e. The molecule has 0 bridgehead atoms. The number of carbonyl (C=O) groups is 1. The number of nitrogens with one attached hydrogen (secondary N) is 1. The molecule has 1 aliphatic carbocycles. The summed E-state index contributed by atoms with van der Waals surface area (Å²) in [4.78, 5) is 16.1. The number of carbonyl (C=O) groups excluding carboxylic acids is 1. The van der Waals surface area contributed by atoms with Gasteiger partial charge in [0.1, 0.15) is 5.82 Å². The topological polar surface area (TPSA) is 42.0 Å². The molecule has 1 aromatic heterocycles. The number of nitrogens with zero attached hydrogens (tertiary/aromatic N) is 1. The van der Waals surface area contributed by atoms with Crippen molar-refractivity contribution in [3.63, 3.8) is 0 Å². The SMILES string of the molecule is Cc1cc(Br)cnc1NC(=O)CC1=CCCCC1. The lowest BCUT2D eigenvalue weighted by Crippen LogP contribution is -2.14.